The van der Waals surface area contributed by atoms with E-state index in [4.69, 9.17) is 9.47 Å². The van der Waals surface area contributed by atoms with Crippen LogP contribution in [0.4, 0.5) is 0 Å². The van der Waals surface area contributed by atoms with Crippen LogP contribution in [0.5, 0.6) is 11.5 Å². The molecule has 0 unspecified atom stereocenters. The summed E-state index contributed by atoms with van der Waals surface area (Å²) in [6, 6.07) is 5.59. The number of benzene rings is 1. The zero-order valence-corrected chi connectivity index (χ0v) is 11.7. The van der Waals surface area contributed by atoms with E-state index < -0.39 is 0 Å². The van der Waals surface area contributed by atoms with Crippen LogP contribution in [0.25, 0.3) is 0 Å². The van der Waals surface area contributed by atoms with Gasteiger partial charge in [-0.3, -0.25) is 9.89 Å². The Labute approximate surface area is 117 Å². The van der Waals surface area contributed by atoms with Gasteiger partial charge in [0.05, 0.1) is 26.0 Å². The van der Waals surface area contributed by atoms with E-state index in [0.717, 1.165) is 5.56 Å². The summed E-state index contributed by atoms with van der Waals surface area (Å²) in [7, 11) is 4.92. The molecular formula is C14H17N3O3. The SMILES string of the molecule is COc1ccc(CN(C)C(=O)c2cn[nH]c2)cc1OC. The molecule has 2 rings (SSSR count). The number of ether oxygens (including phenoxy) is 2. The van der Waals surface area contributed by atoms with E-state index in [-0.39, 0.29) is 5.91 Å². The molecule has 0 fully saturated rings. The Hall–Kier alpha value is -2.50. The standard InChI is InChI=1S/C14H17N3O3/c1-17(14(18)11-7-15-16-8-11)9-10-4-5-12(19-2)13(6-10)20-3/h4-8H,9H2,1-3H3,(H,15,16). The van der Waals surface area contributed by atoms with Gasteiger partial charge in [-0.1, -0.05) is 6.07 Å². The number of aromatic nitrogens is 2. The lowest BCUT2D eigenvalue weighted by Gasteiger charge is -2.17. The van der Waals surface area contributed by atoms with Crippen LogP contribution in [0, 0.1) is 0 Å². The van der Waals surface area contributed by atoms with Gasteiger partial charge in [0.15, 0.2) is 11.5 Å². The Kier molecular flexibility index (Phi) is 4.24. The van der Waals surface area contributed by atoms with Crippen LogP contribution in [-0.4, -0.2) is 42.3 Å². The first kappa shape index (κ1) is 13.9. The van der Waals surface area contributed by atoms with Crippen molar-refractivity contribution in [2.24, 2.45) is 0 Å². The highest BCUT2D eigenvalue weighted by atomic mass is 16.5. The van der Waals surface area contributed by atoms with Crippen molar-refractivity contribution in [1.82, 2.24) is 15.1 Å². The number of carbonyl (C=O) groups excluding carboxylic acids is 1. The fourth-order valence-electron chi connectivity index (χ4n) is 1.91. The van der Waals surface area contributed by atoms with Gasteiger partial charge in [-0.25, -0.2) is 0 Å². The molecule has 0 spiro atoms. The smallest absolute Gasteiger partial charge is 0.257 e. The predicted octanol–water partition coefficient (Wildman–Crippen LogP) is 1.70. The van der Waals surface area contributed by atoms with Gasteiger partial charge >= 0.3 is 0 Å². The molecule has 1 aromatic heterocycles. The van der Waals surface area contributed by atoms with Gasteiger partial charge in [0.2, 0.25) is 0 Å². The summed E-state index contributed by atoms with van der Waals surface area (Å²) in [5, 5.41) is 6.40. The maximum atomic E-state index is 12.1. The van der Waals surface area contributed by atoms with E-state index in [9.17, 15) is 4.79 Å². The number of carbonyl (C=O) groups is 1. The summed E-state index contributed by atoms with van der Waals surface area (Å²) in [5.74, 6) is 1.22. The van der Waals surface area contributed by atoms with Gasteiger partial charge in [-0.15, -0.1) is 0 Å². The zero-order valence-electron chi connectivity index (χ0n) is 11.7. The molecule has 20 heavy (non-hydrogen) atoms. The molecule has 1 aromatic carbocycles. The molecule has 0 bridgehead atoms. The van der Waals surface area contributed by atoms with Crippen LogP contribution in [-0.2, 0) is 6.54 Å². The number of amides is 1. The van der Waals surface area contributed by atoms with Crippen molar-refractivity contribution in [2.45, 2.75) is 6.54 Å². The van der Waals surface area contributed by atoms with E-state index in [1.54, 1.807) is 32.4 Å². The maximum Gasteiger partial charge on any atom is 0.257 e. The van der Waals surface area contributed by atoms with Gasteiger partial charge in [0.25, 0.3) is 5.91 Å². The molecule has 0 saturated heterocycles. The Bertz CT molecular complexity index is 581. The van der Waals surface area contributed by atoms with E-state index in [0.29, 0.717) is 23.6 Å². The summed E-state index contributed by atoms with van der Waals surface area (Å²) < 4.78 is 10.4. The van der Waals surface area contributed by atoms with Crippen LogP contribution >= 0.6 is 0 Å². The number of H-pyrrole nitrogens is 1. The topological polar surface area (TPSA) is 67.5 Å². The summed E-state index contributed by atoms with van der Waals surface area (Å²) in [5.41, 5.74) is 1.50. The molecular weight excluding hydrogens is 258 g/mol. The van der Waals surface area contributed by atoms with Gasteiger partial charge in [-0.2, -0.15) is 5.10 Å². The molecule has 1 heterocycles. The average Bonchev–Trinajstić information content (AvgIpc) is 3.00. The van der Waals surface area contributed by atoms with E-state index in [1.807, 2.05) is 18.2 Å². The fraction of sp³-hybridized carbons (Fsp3) is 0.286. The Morgan fingerprint density at radius 3 is 2.65 bits per heavy atom. The number of rotatable bonds is 5. The number of methoxy groups -OCH3 is 2. The molecule has 0 aliphatic rings. The minimum Gasteiger partial charge on any atom is -0.493 e. The normalized spacial score (nSPS) is 10.2. The van der Waals surface area contributed by atoms with Gasteiger partial charge < -0.3 is 14.4 Å². The van der Waals surface area contributed by atoms with Crippen molar-refractivity contribution in [3.8, 4) is 11.5 Å². The largest absolute Gasteiger partial charge is 0.493 e. The molecule has 0 atom stereocenters. The quantitative estimate of drug-likeness (QED) is 0.901. The van der Waals surface area contributed by atoms with E-state index in [2.05, 4.69) is 10.2 Å². The summed E-state index contributed by atoms with van der Waals surface area (Å²) >= 11 is 0. The highest BCUT2D eigenvalue weighted by molar-refractivity contribution is 5.93. The highest BCUT2D eigenvalue weighted by Gasteiger charge is 2.14. The minimum atomic E-state index is -0.0893. The lowest BCUT2D eigenvalue weighted by molar-refractivity contribution is 0.0785. The molecule has 0 aliphatic carbocycles. The molecule has 0 saturated carbocycles. The molecule has 0 radical (unpaired) electrons. The Balaban J connectivity index is 2.11. The second-order valence-corrected chi connectivity index (χ2v) is 4.34. The van der Waals surface area contributed by atoms with E-state index >= 15 is 0 Å². The zero-order chi connectivity index (χ0) is 14.5. The highest BCUT2D eigenvalue weighted by Crippen LogP contribution is 2.28. The average molecular weight is 275 g/mol. The van der Waals surface area contributed by atoms with Crippen LogP contribution in [0.3, 0.4) is 0 Å². The van der Waals surface area contributed by atoms with E-state index in [1.165, 1.54) is 6.20 Å². The second kappa shape index (κ2) is 6.10. The van der Waals surface area contributed by atoms with Crippen molar-refractivity contribution in [2.75, 3.05) is 21.3 Å². The minimum absolute atomic E-state index is 0.0893. The lowest BCUT2D eigenvalue weighted by atomic mass is 10.2. The maximum absolute atomic E-state index is 12.1. The fourth-order valence-corrected chi connectivity index (χ4v) is 1.91. The number of hydrogen-bond acceptors (Lipinski definition) is 4. The number of aromatic amines is 1. The first-order valence-electron chi connectivity index (χ1n) is 6.11. The van der Waals surface area contributed by atoms with Crippen LogP contribution in [0.1, 0.15) is 15.9 Å². The van der Waals surface area contributed by atoms with Crippen molar-refractivity contribution < 1.29 is 14.3 Å². The monoisotopic (exact) mass is 275 g/mol. The van der Waals surface area contributed by atoms with Crippen molar-refractivity contribution in [3.05, 3.63) is 41.7 Å². The molecule has 1 N–H and O–H groups in total. The summed E-state index contributed by atoms with van der Waals surface area (Å²) in [4.78, 5) is 13.7. The third kappa shape index (κ3) is 2.90. The molecule has 106 valence electrons. The van der Waals surface area contributed by atoms with Crippen LogP contribution in [0.2, 0.25) is 0 Å². The van der Waals surface area contributed by atoms with Crippen molar-refractivity contribution >= 4 is 5.91 Å². The number of hydrogen-bond donors (Lipinski definition) is 1. The lowest BCUT2D eigenvalue weighted by Crippen LogP contribution is -2.25. The molecule has 0 aliphatic heterocycles. The molecule has 1 amide bonds. The van der Waals surface area contributed by atoms with Crippen LogP contribution in [0.15, 0.2) is 30.6 Å². The molecule has 2 aromatic rings. The van der Waals surface area contributed by atoms with Gasteiger partial charge in [0, 0.05) is 19.8 Å². The summed E-state index contributed by atoms with van der Waals surface area (Å²) in [6.45, 7) is 0.477. The molecule has 6 nitrogen and oxygen atoms in total. The van der Waals surface area contributed by atoms with Gasteiger partial charge in [-0.05, 0) is 17.7 Å². The Morgan fingerprint density at radius 2 is 2.05 bits per heavy atom. The summed E-state index contributed by atoms with van der Waals surface area (Å²) in [6.07, 6.45) is 3.08. The molecule has 6 heteroatoms. The second-order valence-electron chi connectivity index (χ2n) is 4.34. The predicted molar refractivity (Wildman–Crippen MR) is 73.9 cm³/mol. The van der Waals surface area contributed by atoms with Crippen molar-refractivity contribution in [3.63, 3.8) is 0 Å². The first-order valence-corrected chi connectivity index (χ1v) is 6.11. The number of nitrogens with one attached hydrogen (secondary N) is 1. The first-order chi connectivity index (χ1) is 9.65. The third-order valence-electron chi connectivity index (χ3n) is 2.96. The third-order valence-corrected chi connectivity index (χ3v) is 2.96. The number of nitrogens with zero attached hydrogens (tertiary/aromatic N) is 2. The van der Waals surface area contributed by atoms with Gasteiger partial charge in [0.1, 0.15) is 0 Å². The van der Waals surface area contributed by atoms with Crippen LogP contribution < -0.4 is 9.47 Å². The Morgan fingerprint density at radius 1 is 1.30 bits per heavy atom. The van der Waals surface area contributed by atoms with Crippen molar-refractivity contribution in [1.29, 1.82) is 0 Å².